The second-order valence-corrected chi connectivity index (χ2v) is 39.7. The third-order valence-electron chi connectivity index (χ3n) is 7.67. The van der Waals surface area contributed by atoms with Crippen molar-refractivity contribution in [2.45, 2.75) is 40.6 Å². The summed E-state index contributed by atoms with van der Waals surface area (Å²) in [6, 6.07) is 12.4. The Morgan fingerprint density at radius 3 is 2.03 bits per heavy atom. The van der Waals surface area contributed by atoms with E-state index in [-0.39, 0.29) is 9.19 Å². The Bertz CT molecular complexity index is 1220. The summed E-state index contributed by atoms with van der Waals surface area (Å²) in [6.45, 7) is 11.3. The van der Waals surface area contributed by atoms with Gasteiger partial charge in [-0.1, -0.05) is 0 Å². The van der Waals surface area contributed by atoms with Gasteiger partial charge in [-0.25, -0.2) is 0 Å². The fourth-order valence-corrected chi connectivity index (χ4v) is 24.5. The van der Waals surface area contributed by atoms with Gasteiger partial charge in [-0.05, 0) is 0 Å². The van der Waals surface area contributed by atoms with Gasteiger partial charge >= 0.3 is 182 Å². The molecule has 2 unspecified atom stereocenters. The zero-order chi connectivity index (χ0) is 22.0. The van der Waals surface area contributed by atoms with Crippen LogP contribution in [0.2, 0.25) is 9.26 Å². The number of allylic oxidation sites excluding steroid dienone is 5. The van der Waals surface area contributed by atoms with E-state index in [0.29, 0.717) is 11.5 Å². The van der Waals surface area contributed by atoms with Crippen LogP contribution < -0.4 is 0 Å². The molecule has 2 aromatic rings. The molecule has 2 atom stereocenters. The molecule has 0 nitrogen and oxygen atoms in total. The maximum atomic E-state index is 14.8. The minimum absolute atomic E-state index is 0.108. The molecule has 4 heteroatoms. The Hall–Kier alpha value is -1.38. The summed E-state index contributed by atoms with van der Waals surface area (Å²) >= 11 is -3.58. The van der Waals surface area contributed by atoms with Crippen molar-refractivity contribution in [3.05, 3.63) is 96.9 Å². The number of hydrogen-bond donors (Lipinski definition) is 0. The average molecular weight is 500 g/mol. The van der Waals surface area contributed by atoms with E-state index < -0.39 is 29.0 Å². The van der Waals surface area contributed by atoms with Crippen LogP contribution in [0.15, 0.2) is 68.5 Å². The molecular weight excluding hydrogens is 470 g/mol. The monoisotopic (exact) mass is 498 g/mol. The van der Waals surface area contributed by atoms with Gasteiger partial charge in [-0.2, -0.15) is 0 Å². The van der Waals surface area contributed by atoms with Crippen molar-refractivity contribution in [2.24, 2.45) is 5.92 Å². The second kappa shape index (κ2) is 7.07. The van der Waals surface area contributed by atoms with Crippen LogP contribution in [0, 0.1) is 17.6 Å². The molecule has 4 rings (SSSR count). The molecule has 0 N–H and O–H groups in total. The van der Waals surface area contributed by atoms with E-state index in [9.17, 15) is 8.78 Å². The van der Waals surface area contributed by atoms with Crippen molar-refractivity contribution in [3.63, 3.8) is 0 Å². The van der Waals surface area contributed by atoms with Crippen molar-refractivity contribution in [1.82, 2.24) is 0 Å². The minimum atomic E-state index is -3.58. The zero-order valence-electron chi connectivity index (χ0n) is 18.7. The third kappa shape index (κ3) is 3.06. The number of hydrogen-bond acceptors (Lipinski definition) is 0. The molecule has 30 heavy (non-hydrogen) atoms. The molecule has 0 bridgehead atoms. The normalized spacial score (nSPS) is 22.0. The molecule has 0 fully saturated rings. The van der Waals surface area contributed by atoms with E-state index in [1.807, 2.05) is 12.1 Å². The molecule has 156 valence electrons. The first-order valence-electron chi connectivity index (χ1n) is 10.7. The quantitative estimate of drug-likeness (QED) is 0.397. The van der Waals surface area contributed by atoms with Crippen LogP contribution in [0.3, 0.4) is 0 Å². The topological polar surface area (TPSA) is 0 Å². The van der Waals surface area contributed by atoms with E-state index in [2.05, 4.69) is 62.0 Å². The van der Waals surface area contributed by atoms with Crippen LogP contribution in [0.5, 0.6) is 0 Å². The fourth-order valence-electron chi connectivity index (χ4n) is 5.96. The summed E-state index contributed by atoms with van der Waals surface area (Å²) in [7, 11) is 0. The van der Waals surface area contributed by atoms with Gasteiger partial charge < -0.3 is 0 Å². The molecular formula is C26H30F2SiZr. The summed E-state index contributed by atoms with van der Waals surface area (Å²) < 4.78 is 36.4. The van der Waals surface area contributed by atoms with Crippen molar-refractivity contribution in [1.29, 1.82) is 0 Å². The van der Waals surface area contributed by atoms with Crippen LogP contribution in [0.25, 0.3) is 5.57 Å². The van der Waals surface area contributed by atoms with Crippen molar-refractivity contribution in [3.8, 4) is 0 Å². The first-order chi connectivity index (χ1) is 13.9. The van der Waals surface area contributed by atoms with Gasteiger partial charge in [-0.15, -0.1) is 0 Å². The fraction of sp³-hybridized carbons (Fsp3) is 0.308. The SMILES string of the molecule is CC1=C(C)C(C)[C]([Zr]([CH3])([CH3])(=[SiH2])[CH]2C=C(c3c(F)cccc3F)c3ccccc32)=C1C. The van der Waals surface area contributed by atoms with Gasteiger partial charge in [-0.3, -0.25) is 0 Å². The summed E-state index contributed by atoms with van der Waals surface area (Å²) in [4.78, 5) is 0. The standard InChI is InChI=1S/C15H9F2.C9H13.2CH3.H2Si.Zr/c16-13-6-3-7-14(17)15(13)12-9-8-10-4-1-2-5-11(10)12;1-6-5-7(2)9(4)8(6)3;;;;/h1-9H;6H,1-4H3;2*1H3;1H2;. The Morgan fingerprint density at radius 1 is 0.867 bits per heavy atom. The van der Waals surface area contributed by atoms with Crippen LogP contribution >= 0.6 is 0 Å². The second-order valence-electron chi connectivity index (χ2n) is 10.1. The molecule has 0 radical (unpaired) electrons. The zero-order valence-corrected chi connectivity index (χ0v) is 22.6. The molecule has 0 spiro atoms. The van der Waals surface area contributed by atoms with E-state index in [4.69, 9.17) is 0 Å². The molecule has 0 aliphatic heterocycles. The Kier molecular flexibility index (Phi) is 5.15. The summed E-state index contributed by atoms with van der Waals surface area (Å²) in [5.74, 6) is -0.538. The van der Waals surface area contributed by atoms with Gasteiger partial charge in [0.25, 0.3) is 0 Å². The third-order valence-corrected chi connectivity index (χ3v) is 24.9. The number of halogens is 2. The molecule has 2 aliphatic carbocycles. The first kappa shape index (κ1) is 21.8. The van der Waals surface area contributed by atoms with E-state index >= 15 is 0 Å². The summed E-state index contributed by atoms with van der Waals surface area (Å²) in [5.41, 5.74) is 7.37. The Balaban J connectivity index is 1.98. The number of benzene rings is 2. The van der Waals surface area contributed by atoms with E-state index in [1.165, 1.54) is 40.5 Å². The van der Waals surface area contributed by atoms with Crippen LogP contribution in [-0.4, -0.2) is 6.88 Å². The Morgan fingerprint density at radius 2 is 1.47 bits per heavy atom. The predicted octanol–water partition coefficient (Wildman–Crippen LogP) is 7.05. The van der Waals surface area contributed by atoms with Crippen molar-refractivity contribution in [2.75, 3.05) is 0 Å². The van der Waals surface area contributed by atoms with Crippen molar-refractivity contribution < 1.29 is 26.2 Å². The van der Waals surface area contributed by atoms with E-state index in [1.54, 1.807) is 3.28 Å². The summed E-state index contributed by atoms with van der Waals surface area (Å²) in [5, 5.41) is 0. The van der Waals surface area contributed by atoms with Gasteiger partial charge in [0.1, 0.15) is 0 Å². The summed E-state index contributed by atoms with van der Waals surface area (Å²) in [6.07, 6.45) is 2.19. The molecule has 0 aromatic heterocycles. The number of fused-ring (bicyclic) bond motifs is 1. The molecule has 0 saturated carbocycles. The molecule has 0 saturated heterocycles. The van der Waals surface area contributed by atoms with Crippen molar-refractivity contribution >= 4 is 12.5 Å². The molecule has 0 heterocycles. The molecule has 2 aliphatic rings. The maximum absolute atomic E-state index is 14.8. The van der Waals surface area contributed by atoms with Gasteiger partial charge in [0, 0.05) is 0 Å². The van der Waals surface area contributed by atoms with Gasteiger partial charge in [0.2, 0.25) is 0 Å². The van der Waals surface area contributed by atoms with Gasteiger partial charge in [0.05, 0.1) is 0 Å². The van der Waals surface area contributed by atoms with Crippen LogP contribution in [0.4, 0.5) is 8.78 Å². The van der Waals surface area contributed by atoms with Crippen LogP contribution in [0.1, 0.15) is 48.0 Å². The number of rotatable bonds is 3. The average Bonchev–Trinajstić information content (AvgIpc) is 3.15. The molecule has 0 amide bonds. The van der Waals surface area contributed by atoms with Crippen LogP contribution in [-0.2, 0) is 17.4 Å². The predicted molar refractivity (Wildman–Crippen MR) is 123 cm³/mol. The Labute approximate surface area is 181 Å². The van der Waals surface area contributed by atoms with E-state index in [0.717, 1.165) is 5.56 Å². The van der Waals surface area contributed by atoms with Gasteiger partial charge in [0.15, 0.2) is 0 Å². The first-order valence-corrected chi connectivity index (χ1v) is 24.1. The molecule has 2 aromatic carbocycles.